The van der Waals surface area contributed by atoms with Gasteiger partial charge in [0.15, 0.2) is 0 Å². The molecule has 3 rings (SSSR count). The Morgan fingerprint density at radius 3 is 2.57 bits per heavy atom. The van der Waals surface area contributed by atoms with Gasteiger partial charge in [-0.25, -0.2) is 0 Å². The zero-order valence-corrected chi connectivity index (χ0v) is 12.0. The average molecular weight is 277 g/mol. The van der Waals surface area contributed by atoms with Gasteiger partial charge in [-0.1, -0.05) is 48.5 Å². The predicted octanol–water partition coefficient (Wildman–Crippen LogP) is 2.82. The van der Waals surface area contributed by atoms with Crippen LogP contribution in [0.5, 0.6) is 0 Å². The third-order valence-electron chi connectivity index (χ3n) is 4.25. The van der Waals surface area contributed by atoms with Gasteiger partial charge in [0.1, 0.15) is 5.54 Å². The summed E-state index contributed by atoms with van der Waals surface area (Å²) in [5, 5.41) is 9.51. The Labute approximate surface area is 125 Å². The number of hydrogen-bond acceptors (Lipinski definition) is 3. The molecule has 0 saturated carbocycles. The first-order valence-electron chi connectivity index (χ1n) is 7.31. The van der Waals surface area contributed by atoms with Gasteiger partial charge in [-0.3, -0.25) is 0 Å². The lowest BCUT2D eigenvalue weighted by Gasteiger charge is -2.26. The minimum Gasteiger partial charge on any atom is -0.371 e. The largest absolute Gasteiger partial charge is 0.371 e. The zero-order valence-electron chi connectivity index (χ0n) is 12.0. The van der Waals surface area contributed by atoms with Crippen LogP contribution in [0.25, 0.3) is 0 Å². The molecule has 3 nitrogen and oxygen atoms in total. The molecule has 0 amide bonds. The van der Waals surface area contributed by atoms with Crippen LogP contribution in [-0.4, -0.2) is 13.1 Å². The number of fused-ring (bicyclic) bond motifs is 1. The first-order valence-corrected chi connectivity index (χ1v) is 7.31. The number of benzene rings is 2. The lowest BCUT2D eigenvalue weighted by Crippen LogP contribution is -2.39. The molecule has 2 aromatic carbocycles. The fraction of sp³-hybridized carbons (Fsp3) is 0.278. The van der Waals surface area contributed by atoms with Gasteiger partial charge in [-0.05, 0) is 23.6 Å². The van der Waals surface area contributed by atoms with Gasteiger partial charge >= 0.3 is 0 Å². The van der Waals surface area contributed by atoms with Gasteiger partial charge in [-0.2, -0.15) is 5.26 Å². The molecule has 21 heavy (non-hydrogen) atoms. The van der Waals surface area contributed by atoms with Crippen molar-refractivity contribution in [3.05, 3.63) is 65.7 Å². The van der Waals surface area contributed by atoms with Crippen molar-refractivity contribution in [2.75, 3.05) is 18.0 Å². The Hall–Kier alpha value is -2.31. The smallest absolute Gasteiger partial charge is 0.131 e. The molecule has 1 aliphatic rings. The second-order valence-electron chi connectivity index (χ2n) is 5.56. The Kier molecular flexibility index (Phi) is 3.64. The summed E-state index contributed by atoms with van der Waals surface area (Å²) in [6.07, 6.45) is 1.70. The van der Waals surface area contributed by atoms with E-state index in [-0.39, 0.29) is 0 Å². The normalized spacial score (nSPS) is 16.1. The van der Waals surface area contributed by atoms with E-state index in [4.69, 9.17) is 5.73 Å². The van der Waals surface area contributed by atoms with E-state index in [0.717, 1.165) is 25.1 Å². The van der Waals surface area contributed by atoms with E-state index in [0.29, 0.717) is 6.42 Å². The molecule has 1 unspecified atom stereocenters. The van der Waals surface area contributed by atoms with Crippen LogP contribution < -0.4 is 10.6 Å². The minimum atomic E-state index is -0.918. The number of nitrogens with zero attached hydrogens (tertiary/aromatic N) is 2. The second kappa shape index (κ2) is 5.59. The molecule has 0 spiro atoms. The van der Waals surface area contributed by atoms with E-state index >= 15 is 0 Å². The molecule has 0 fully saturated rings. The maximum Gasteiger partial charge on any atom is 0.131 e. The van der Waals surface area contributed by atoms with Gasteiger partial charge in [0.25, 0.3) is 0 Å². The molecule has 1 aliphatic heterocycles. The number of nitrogens with two attached hydrogens (primary N) is 1. The van der Waals surface area contributed by atoms with Crippen LogP contribution in [0, 0.1) is 11.3 Å². The monoisotopic (exact) mass is 277 g/mol. The van der Waals surface area contributed by atoms with Crippen LogP contribution in [-0.2, 0) is 12.0 Å². The van der Waals surface area contributed by atoms with E-state index < -0.39 is 5.54 Å². The van der Waals surface area contributed by atoms with Gasteiger partial charge in [-0.15, -0.1) is 0 Å². The molecule has 106 valence electrons. The molecule has 0 radical (unpaired) electrons. The lowest BCUT2D eigenvalue weighted by molar-refractivity contribution is 0.521. The Morgan fingerprint density at radius 1 is 1.10 bits per heavy atom. The Balaban J connectivity index is 1.74. The molecule has 0 aliphatic carbocycles. The van der Waals surface area contributed by atoms with Crippen molar-refractivity contribution >= 4 is 5.69 Å². The zero-order chi connectivity index (χ0) is 14.7. The fourth-order valence-corrected chi connectivity index (χ4v) is 2.95. The van der Waals surface area contributed by atoms with Gasteiger partial charge < -0.3 is 10.6 Å². The first-order chi connectivity index (χ1) is 10.2. The van der Waals surface area contributed by atoms with Crippen LogP contribution in [0.3, 0.4) is 0 Å². The molecule has 3 heteroatoms. The average Bonchev–Trinajstić information content (AvgIpc) is 2.97. The number of hydrogen-bond donors (Lipinski definition) is 1. The summed E-state index contributed by atoms with van der Waals surface area (Å²) in [6, 6.07) is 20.4. The van der Waals surface area contributed by atoms with E-state index in [2.05, 4.69) is 35.2 Å². The summed E-state index contributed by atoms with van der Waals surface area (Å²) in [5.74, 6) is 0. The van der Waals surface area contributed by atoms with Crippen molar-refractivity contribution in [1.29, 1.82) is 5.26 Å². The highest BCUT2D eigenvalue weighted by molar-refractivity contribution is 5.57. The summed E-state index contributed by atoms with van der Waals surface area (Å²) in [7, 11) is 0. The molecule has 0 saturated heterocycles. The third-order valence-corrected chi connectivity index (χ3v) is 4.25. The Morgan fingerprint density at radius 2 is 1.81 bits per heavy atom. The first kappa shape index (κ1) is 13.7. The third kappa shape index (κ3) is 2.63. The highest BCUT2D eigenvalue weighted by atomic mass is 15.1. The summed E-state index contributed by atoms with van der Waals surface area (Å²) in [5.41, 5.74) is 8.97. The maximum absolute atomic E-state index is 9.51. The van der Waals surface area contributed by atoms with Crippen LogP contribution in [0.2, 0.25) is 0 Å². The molecule has 2 N–H and O–H groups in total. The fourth-order valence-electron chi connectivity index (χ4n) is 2.95. The highest BCUT2D eigenvalue weighted by Gasteiger charge is 2.29. The molecule has 1 heterocycles. The van der Waals surface area contributed by atoms with Crippen molar-refractivity contribution in [3.8, 4) is 6.07 Å². The number of anilines is 1. The van der Waals surface area contributed by atoms with Crippen molar-refractivity contribution in [3.63, 3.8) is 0 Å². The minimum absolute atomic E-state index is 0.627. The van der Waals surface area contributed by atoms with Crippen LogP contribution >= 0.6 is 0 Å². The van der Waals surface area contributed by atoms with Gasteiger partial charge in [0, 0.05) is 25.2 Å². The van der Waals surface area contributed by atoms with Crippen LogP contribution in [0.15, 0.2) is 54.6 Å². The van der Waals surface area contributed by atoms with E-state index in [9.17, 15) is 5.26 Å². The molecule has 2 aromatic rings. The van der Waals surface area contributed by atoms with Crippen molar-refractivity contribution in [2.24, 2.45) is 5.73 Å². The van der Waals surface area contributed by atoms with Crippen LogP contribution in [0.1, 0.15) is 17.5 Å². The van der Waals surface area contributed by atoms with E-state index in [1.807, 2.05) is 30.3 Å². The van der Waals surface area contributed by atoms with Crippen molar-refractivity contribution in [1.82, 2.24) is 0 Å². The maximum atomic E-state index is 9.51. The number of rotatable bonds is 4. The molecular formula is C18H19N3. The van der Waals surface area contributed by atoms with Crippen molar-refractivity contribution < 1.29 is 0 Å². The summed E-state index contributed by atoms with van der Waals surface area (Å²) in [4.78, 5) is 2.33. The topological polar surface area (TPSA) is 53.1 Å². The van der Waals surface area contributed by atoms with Gasteiger partial charge in [0.2, 0.25) is 0 Å². The van der Waals surface area contributed by atoms with E-state index in [1.165, 1.54) is 11.3 Å². The summed E-state index contributed by atoms with van der Waals surface area (Å²) in [6.45, 7) is 1.81. The SMILES string of the molecule is N#CC(N)(CCN1CCc2ccccc21)c1ccccc1. The Bertz CT molecular complexity index is 660. The molecular weight excluding hydrogens is 258 g/mol. The molecule has 0 bridgehead atoms. The van der Waals surface area contributed by atoms with Crippen LogP contribution in [0.4, 0.5) is 5.69 Å². The van der Waals surface area contributed by atoms with Gasteiger partial charge in [0.05, 0.1) is 6.07 Å². The standard InChI is InChI=1S/C18H19N3/c19-14-18(20,16-7-2-1-3-8-16)11-13-21-12-10-15-6-4-5-9-17(15)21/h1-9H,10-13,20H2. The molecule has 0 aromatic heterocycles. The highest BCUT2D eigenvalue weighted by Crippen LogP contribution is 2.29. The molecule has 1 atom stereocenters. The predicted molar refractivity (Wildman–Crippen MR) is 84.9 cm³/mol. The number of nitriles is 1. The number of para-hydroxylation sites is 1. The quantitative estimate of drug-likeness (QED) is 0.935. The lowest BCUT2D eigenvalue weighted by atomic mass is 9.89. The second-order valence-corrected chi connectivity index (χ2v) is 5.56. The van der Waals surface area contributed by atoms with E-state index in [1.54, 1.807) is 0 Å². The summed E-state index contributed by atoms with van der Waals surface area (Å²) >= 11 is 0. The van der Waals surface area contributed by atoms with Crippen molar-refractivity contribution in [2.45, 2.75) is 18.4 Å². The summed E-state index contributed by atoms with van der Waals surface area (Å²) < 4.78 is 0.